The highest BCUT2D eigenvalue weighted by Crippen LogP contribution is 2.64. The van der Waals surface area contributed by atoms with Crippen LogP contribution >= 0.6 is 19.2 Å². The second-order valence-corrected chi connectivity index (χ2v) is 7.18. The van der Waals surface area contributed by atoms with Crippen LogP contribution in [0.3, 0.4) is 0 Å². The van der Waals surface area contributed by atoms with Gasteiger partial charge in [-0.3, -0.25) is 4.57 Å². The van der Waals surface area contributed by atoms with Gasteiger partial charge in [0.25, 0.3) is 0 Å². The van der Waals surface area contributed by atoms with Crippen LogP contribution in [-0.4, -0.2) is 38.8 Å². The van der Waals surface area contributed by atoms with Crippen LogP contribution in [0, 0.1) is 0 Å². The summed E-state index contributed by atoms with van der Waals surface area (Å²) in [6.45, 7) is 3.96. The van der Waals surface area contributed by atoms with Gasteiger partial charge in [-0.15, -0.1) is 0 Å². The number of benzene rings is 1. The van der Waals surface area contributed by atoms with E-state index >= 15 is 0 Å². The normalized spacial score (nSPS) is 15.0. The van der Waals surface area contributed by atoms with Gasteiger partial charge >= 0.3 is 7.60 Å². The fourth-order valence-corrected chi connectivity index (χ4v) is 3.76. The van der Waals surface area contributed by atoms with Crippen LogP contribution < -0.4 is 0 Å². The molecule has 0 saturated heterocycles. The molecule has 0 radical (unpaired) electrons. The molecular formula is C14H22ClO6P. The van der Waals surface area contributed by atoms with Gasteiger partial charge in [0, 0.05) is 38.0 Å². The van der Waals surface area contributed by atoms with E-state index in [9.17, 15) is 9.67 Å². The van der Waals surface area contributed by atoms with Crippen LogP contribution in [0.4, 0.5) is 0 Å². The van der Waals surface area contributed by atoms with E-state index in [1.165, 1.54) is 26.4 Å². The van der Waals surface area contributed by atoms with Crippen molar-refractivity contribution >= 4 is 19.2 Å². The highest BCUT2D eigenvalue weighted by atomic mass is 35.5. The molecule has 1 rings (SSSR count). The Hall–Kier alpha value is -0.460. The second-order valence-electron chi connectivity index (χ2n) is 4.34. The number of rotatable bonds is 9. The predicted octanol–water partition coefficient (Wildman–Crippen LogP) is 3.37. The molecular weight excluding hydrogens is 331 g/mol. The molecule has 0 aliphatic carbocycles. The maximum Gasteiger partial charge on any atom is 0.371 e. The number of ether oxygens (including phenoxy) is 2. The van der Waals surface area contributed by atoms with Crippen LogP contribution in [0.15, 0.2) is 24.3 Å². The quantitative estimate of drug-likeness (QED) is 0.542. The third-order valence-electron chi connectivity index (χ3n) is 3.13. The minimum Gasteiger partial charge on any atom is -0.369 e. The van der Waals surface area contributed by atoms with E-state index in [1.54, 1.807) is 26.0 Å². The molecule has 1 atom stereocenters. The van der Waals surface area contributed by atoms with Crippen LogP contribution in [-0.2, 0) is 28.4 Å². The SMILES string of the molecule is CCOC(OCC)C(O)(c1ccc(Cl)cc1)P(=O)(OC)OC. The molecule has 8 heteroatoms. The van der Waals surface area contributed by atoms with Crippen molar-refractivity contribution in [3.8, 4) is 0 Å². The Kier molecular flexibility index (Phi) is 7.49. The summed E-state index contributed by atoms with van der Waals surface area (Å²) in [5.41, 5.74) is 0.260. The van der Waals surface area contributed by atoms with E-state index in [0.717, 1.165) is 0 Å². The molecule has 1 aromatic carbocycles. The molecule has 1 unspecified atom stereocenters. The largest absolute Gasteiger partial charge is 0.371 e. The number of hydrogen-bond acceptors (Lipinski definition) is 6. The molecule has 0 bridgehead atoms. The molecule has 0 aliphatic heterocycles. The zero-order chi connectivity index (χ0) is 16.8. The Morgan fingerprint density at radius 1 is 1.14 bits per heavy atom. The maximum atomic E-state index is 13.0. The van der Waals surface area contributed by atoms with E-state index < -0.39 is 19.2 Å². The smallest absolute Gasteiger partial charge is 0.369 e. The molecule has 1 N–H and O–H groups in total. The van der Waals surface area contributed by atoms with Crippen LogP contribution in [0.1, 0.15) is 19.4 Å². The van der Waals surface area contributed by atoms with Crippen molar-refractivity contribution in [2.45, 2.75) is 25.5 Å². The van der Waals surface area contributed by atoms with Crippen LogP contribution in [0.2, 0.25) is 5.02 Å². The molecule has 0 fully saturated rings. The average Bonchev–Trinajstić information content (AvgIpc) is 2.53. The zero-order valence-corrected chi connectivity index (χ0v) is 14.8. The molecule has 1 aromatic rings. The van der Waals surface area contributed by atoms with Crippen molar-refractivity contribution in [2.75, 3.05) is 27.4 Å². The standard InChI is InChI=1S/C14H22ClO6P/c1-5-20-13(21-6-2)14(16,22(17,18-3)19-4)11-7-9-12(15)10-8-11/h7-10,13,16H,5-6H2,1-4H3. The Morgan fingerprint density at radius 2 is 1.59 bits per heavy atom. The van der Waals surface area contributed by atoms with Crippen molar-refractivity contribution in [3.05, 3.63) is 34.9 Å². The van der Waals surface area contributed by atoms with Crippen LogP contribution in [0.5, 0.6) is 0 Å². The Bertz CT molecular complexity index is 495. The van der Waals surface area contributed by atoms with E-state index in [0.29, 0.717) is 5.02 Å². The van der Waals surface area contributed by atoms with Gasteiger partial charge in [-0.25, -0.2) is 0 Å². The van der Waals surface area contributed by atoms with Crippen molar-refractivity contribution in [1.29, 1.82) is 0 Å². The van der Waals surface area contributed by atoms with Gasteiger partial charge in [-0.05, 0) is 26.0 Å². The third kappa shape index (κ3) is 3.71. The summed E-state index contributed by atoms with van der Waals surface area (Å²) in [4.78, 5) is 0. The fourth-order valence-electron chi connectivity index (χ4n) is 2.05. The van der Waals surface area contributed by atoms with Crippen molar-refractivity contribution in [1.82, 2.24) is 0 Å². The molecule has 0 spiro atoms. The van der Waals surface area contributed by atoms with Gasteiger partial charge in [0.1, 0.15) is 0 Å². The lowest BCUT2D eigenvalue weighted by Crippen LogP contribution is -2.44. The molecule has 0 heterocycles. The van der Waals surface area contributed by atoms with Gasteiger partial charge in [-0.2, -0.15) is 0 Å². The zero-order valence-electron chi connectivity index (χ0n) is 13.1. The Balaban J connectivity index is 3.48. The number of halogens is 1. The molecule has 0 amide bonds. The summed E-state index contributed by atoms with van der Waals surface area (Å²) in [5.74, 6) is 0. The predicted molar refractivity (Wildman–Crippen MR) is 84.0 cm³/mol. The maximum absolute atomic E-state index is 13.0. The van der Waals surface area contributed by atoms with E-state index in [1.807, 2.05) is 0 Å². The first-order chi connectivity index (χ1) is 10.4. The molecule has 22 heavy (non-hydrogen) atoms. The minimum absolute atomic E-state index is 0.244. The highest BCUT2D eigenvalue weighted by molar-refractivity contribution is 7.55. The Morgan fingerprint density at radius 3 is 1.95 bits per heavy atom. The molecule has 0 saturated carbocycles. The minimum atomic E-state index is -3.99. The lowest BCUT2D eigenvalue weighted by molar-refractivity contribution is -0.215. The van der Waals surface area contributed by atoms with E-state index in [2.05, 4.69) is 0 Å². The van der Waals surface area contributed by atoms with Crippen molar-refractivity contribution < 1.29 is 28.2 Å². The third-order valence-corrected chi connectivity index (χ3v) is 5.65. The summed E-state index contributed by atoms with van der Waals surface area (Å²) in [7, 11) is -1.60. The van der Waals surface area contributed by atoms with Gasteiger partial charge < -0.3 is 23.6 Å². The monoisotopic (exact) mass is 352 g/mol. The van der Waals surface area contributed by atoms with Gasteiger partial charge in [0.15, 0.2) is 0 Å². The summed E-state index contributed by atoms with van der Waals surface area (Å²) in [6.07, 6.45) is -1.23. The first kappa shape index (κ1) is 19.6. The lowest BCUT2D eigenvalue weighted by atomic mass is 10.1. The van der Waals surface area contributed by atoms with E-state index in [4.69, 9.17) is 30.1 Å². The summed E-state index contributed by atoms with van der Waals surface area (Å²) in [6, 6.07) is 6.18. The topological polar surface area (TPSA) is 74.2 Å². The van der Waals surface area contributed by atoms with Gasteiger partial charge in [-0.1, -0.05) is 23.7 Å². The fraction of sp³-hybridized carbons (Fsp3) is 0.571. The molecule has 0 aromatic heterocycles. The Labute approximate surface area is 135 Å². The molecule has 0 aliphatic rings. The lowest BCUT2D eigenvalue weighted by Gasteiger charge is -2.38. The van der Waals surface area contributed by atoms with Gasteiger partial charge in [0.05, 0.1) is 0 Å². The van der Waals surface area contributed by atoms with Crippen molar-refractivity contribution in [3.63, 3.8) is 0 Å². The summed E-state index contributed by atoms with van der Waals surface area (Å²) >= 11 is 5.87. The summed E-state index contributed by atoms with van der Waals surface area (Å²) < 4.78 is 33.9. The van der Waals surface area contributed by atoms with E-state index in [-0.39, 0.29) is 18.8 Å². The first-order valence-corrected chi connectivity index (χ1v) is 8.74. The van der Waals surface area contributed by atoms with Crippen molar-refractivity contribution in [2.24, 2.45) is 0 Å². The molecule has 126 valence electrons. The summed E-state index contributed by atoms with van der Waals surface area (Å²) in [5, 5.41) is 9.55. The van der Waals surface area contributed by atoms with Crippen LogP contribution in [0.25, 0.3) is 0 Å². The van der Waals surface area contributed by atoms with Gasteiger partial charge in [0.2, 0.25) is 11.6 Å². The highest BCUT2D eigenvalue weighted by Gasteiger charge is 2.57. The second kappa shape index (κ2) is 8.41. The average molecular weight is 353 g/mol. The number of aliphatic hydroxyl groups is 1. The number of hydrogen-bond donors (Lipinski definition) is 1. The first-order valence-electron chi connectivity index (χ1n) is 6.82. The molecule has 6 nitrogen and oxygen atoms in total.